The first-order valence-corrected chi connectivity index (χ1v) is 5.92. The molecule has 0 saturated carbocycles. The van der Waals surface area contributed by atoms with Gasteiger partial charge >= 0.3 is 0 Å². The zero-order valence-electron chi connectivity index (χ0n) is 10.1. The van der Waals surface area contributed by atoms with E-state index in [0.717, 1.165) is 31.6 Å². The summed E-state index contributed by atoms with van der Waals surface area (Å²) in [4.78, 5) is 0. The van der Waals surface area contributed by atoms with Crippen molar-refractivity contribution in [2.75, 3.05) is 17.6 Å². The summed E-state index contributed by atoms with van der Waals surface area (Å²) in [5, 5.41) is 17.1. The fourth-order valence-electron chi connectivity index (χ4n) is 1.60. The van der Waals surface area contributed by atoms with Crippen molar-refractivity contribution in [3.05, 3.63) is 6.20 Å². The molecule has 92 valence electrons. The summed E-state index contributed by atoms with van der Waals surface area (Å²) in [6.07, 6.45) is 4.05. The first-order chi connectivity index (χ1) is 7.69. The number of aromatic nitrogens is 2. The smallest absolute Gasteiger partial charge is 0.147 e. The van der Waals surface area contributed by atoms with Crippen LogP contribution in [-0.4, -0.2) is 27.5 Å². The molecule has 1 rings (SSSR count). The molecule has 0 amide bonds. The van der Waals surface area contributed by atoms with Crippen molar-refractivity contribution < 1.29 is 5.11 Å². The van der Waals surface area contributed by atoms with Crippen molar-refractivity contribution in [2.45, 2.75) is 45.8 Å². The van der Waals surface area contributed by atoms with Crippen molar-refractivity contribution >= 4 is 11.5 Å². The maximum absolute atomic E-state index is 9.73. The first kappa shape index (κ1) is 12.8. The molecule has 0 saturated heterocycles. The molecule has 0 aliphatic carbocycles. The molecule has 0 bridgehead atoms. The Morgan fingerprint density at radius 3 is 2.88 bits per heavy atom. The lowest BCUT2D eigenvalue weighted by Gasteiger charge is -2.13. The highest BCUT2D eigenvalue weighted by Crippen LogP contribution is 2.18. The van der Waals surface area contributed by atoms with Crippen molar-refractivity contribution in [2.24, 2.45) is 0 Å². The van der Waals surface area contributed by atoms with Crippen LogP contribution in [0.3, 0.4) is 0 Å². The second kappa shape index (κ2) is 6.37. The van der Waals surface area contributed by atoms with E-state index < -0.39 is 0 Å². The van der Waals surface area contributed by atoms with Crippen molar-refractivity contribution in [1.29, 1.82) is 0 Å². The molecule has 1 aromatic heterocycles. The summed E-state index contributed by atoms with van der Waals surface area (Å²) >= 11 is 0. The Kier molecular flexibility index (Phi) is 5.11. The van der Waals surface area contributed by atoms with Gasteiger partial charge in [0.1, 0.15) is 5.82 Å². The first-order valence-electron chi connectivity index (χ1n) is 5.92. The van der Waals surface area contributed by atoms with E-state index >= 15 is 0 Å². The number of nitrogens with one attached hydrogen (secondary N) is 1. The Morgan fingerprint density at radius 1 is 1.50 bits per heavy atom. The summed E-state index contributed by atoms with van der Waals surface area (Å²) in [6, 6.07) is 0. The second-order valence-electron chi connectivity index (χ2n) is 4.00. The highest BCUT2D eigenvalue weighted by molar-refractivity contribution is 5.60. The Hall–Kier alpha value is -1.23. The predicted molar refractivity (Wildman–Crippen MR) is 66.3 cm³/mol. The molecule has 0 spiro atoms. The van der Waals surface area contributed by atoms with Gasteiger partial charge in [-0.25, -0.2) is 4.68 Å². The Morgan fingerprint density at radius 2 is 2.25 bits per heavy atom. The van der Waals surface area contributed by atoms with E-state index in [2.05, 4.69) is 24.3 Å². The van der Waals surface area contributed by atoms with Crippen LogP contribution in [0.15, 0.2) is 6.20 Å². The number of hydrogen-bond acceptors (Lipinski definition) is 4. The standard InChI is InChI=1S/C11H22N4O/c1-3-5-9(16)8-15-11(13-6-4-2)10(12)7-14-15/h7,9,13,16H,3-6,8,12H2,1-2H3. The molecule has 5 nitrogen and oxygen atoms in total. The van der Waals surface area contributed by atoms with Gasteiger partial charge < -0.3 is 16.2 Å². The van der Waals surface area contributed by atoms with Gasteiger partial charge in [-0.05, 0) is 12.8 Å². The molecule has 4 N–H and O–H groups in total. The molecule has 1 aromatic rings. The average Bonchev–Trinajstić information content (AvgIpc) is 2.57. The maximum atomic E-state index is 9.73. The minimum Gasteiger partial charge on any atom is -0.394 e. The quantitative estimate of drug-likeness (QED) is 0.657. The van der Waals surface area contributed by atoms with Crippen LogP contribution in [0.2, 0.25) is 0 Å². The van der Waals surface area contributed by atoms with E-state index in [9.17, 15) is 5.11 Å². The number of rotatable bonds is 7. The lowest BCUT2D eigenvalue weighted by Crippen LogP contribution is -2.19. The minimum absolute atomic E-state index is 0.355. The normalized spacial score (nSPS) is 12.7. The highest BCUT2D eigenvalue weighted by atomic mass is 16.3. The third kappa shape index (κ3) is 3.41. The molecule has 0 aliphatic heterocycles. The van der Waals surface area contributed by atoms with Crippen LogP contribution in [0.25, 0.3) is 0 Å². The highest BCUT2D eigenvalue weighted by Gasteiger charge is 2.11. The summed E-state index contributed by atoms with van der Waals surface area (Å²) < 4.78 is 1.74. The summed E-state index contributed by atoms with van der Waals surface area (Å²) in [7, 11) is 0. The van der Waals surface area contributed by atoms with Gasteiger partial charge in [-0.3, -0.25) is 0 Å². The average molecular weight is 226 g/mol. The van der Waals surface area contributed by atoms with Crippen molar-refractivity contribution in [3.8, 4) is 0 Å². The maximum Gasteiger partial charge on any atom is 0.147 e. The van der Waals surface area contributed by atoms with Gasteiger partial charge in [0.05, 0.1) is 24.5 Å². The van der Waals surface area contributed by atoms with Crippen molar-refractivity contribution in [1.82, 2.24) is 9.78 Å². The van der Waals surface area contributed by atoms with Crippen LogP contribution in [0.5, 0.6) is 0 Å². The van der Waals surface area contributed by atoms with Crippen LogP contribution >= 0.6 is 0 Å². The summed E-state index contributed by atoms with van der Waals surface area (Å²) in [6.45, 7) is 5.50. The Labute approximate surface area is 96.6 Å². The monoisotopic (exact) mass is 226 g/mol. The van der Waals surface area contributed by atoms with Crippen LogP contribution in [0.4, 0.5) is 11.5 Å². The van der Waals surface area contributed by atoms with E-state index in [4.69, 9.17) is 5.73 Å². The van der Waals surface area contributed by atoms with E-state index in [-0.39, 0.29) is 6.10 Å². The molecule has 5 heteroatoms. The van der Waals surface area contributed by atoms with Gasteiger partial charge in [0.2, 0.25) is 0 Å². The number of nitrogens with two attached hydrogens (primary N) is 1. The molecule has 1 unspecified atom stereocenters. The number of aliphatic hydroxyl groups is 1. The lowest BCUT2D eigenvalue weighted by molar-refractivity contribution is 0.139. The van der Waals surface area contributed by atoms with Gasteiger partial charge in [0.25, 0.3) is 0 Å². The van der Waals surface area contributed by atoms with Gasteiger partial charge in [0, 0.05) is 6.54 Å². The predicted octanol–water partition coefficient (Wildman–Crippen LogP) is 1.45. The topological polar surface area (TPSA) is 76.1 Å². The second-order valence-corrected chi connectivity index (χ2v) is 4.00. The number of nitrogen functional groups attached to an aromatic ring is 1. The number of hydrogen-bond donors (Lipinski definition) is 3. The van der Waals surface area contributed by atoms with E-state index in [1.54, 1.807) is 10.9 Å². The molecular formula is C11H22N4O. The third-order valence-electron chi connectivity index (χ3n) is 2.42. The van der Waals surface area contributed by atoms with Gasteiger partial charge in [-0.2, -0.15) is 5.10 Å². The van der Waals surface area contributed by atoms with E-state index in [1.807, 2.05) is 0 Å². The van der Waals surface area contributed by atoms with Crippen LogP contribution in [0.1, 0.15) is 33.1 Å². The van der Waals surface area contributed by atoms with E-state index in [0.29, 0.717) is 12.2 Å². The lowest BCUT2D eigenvalue weighted by atomic mass is 10.2. The zero-order valence-corrected chi connectivity index (χ0v) is 10.1. The fourth-order valence-corrected chi connectivity index (χ4v) is 1.60. The van der Waals surface area contributed by atoms with Gasteiger partial charge in [0.15, 0.2) is 0 Å². The number of nitrogens with zero attached hydrogens (tertiary/aromatic N) is 2. The third-order valence-corrected chi connectivity index (χ3v) is 2.42. The fraction of sp³-hybridized carbons (Fsp3) is 0.727. The molecule has 1 heterocycles. The molecule has 16 heavy (non-hydrogen) atoms. The Balaban J connectivity index is 2.64. The molecule has 0 aliphatic rings. The SMILES string of the molecule is CCCNc1c(N)cnn1CC(O)CCC. The molecule has 1 atom stereocenters. The van der Waals surface area contributed by atoms with Crippen LogP contribution in [-0.2, 0) is 6.54 Å². The largest absolute Gasteiger partial charge is 0.394 e. The van der Waals surface area contributed by atoms with Gasteiger partial charge in [-0.1, -0.05) is 20.3 Å². The van der Waals surface area contributed by atoms with E-state index in [1.165, 1.54) is 0 Å². The van der Waals surface area contributed by atoms with Crippen LogP contribution in [0, 0.1) is 0 Å². The van der Waals surface area contributed by atoms with Gasteiger partial charge in [-0.15, -0.1) is 0 Å². The number of anilines is 2. The molecule has 0 radical (unpaired) electrons. The molecule has 0 aromatic carbocycles. The molecule has 0 fully saturated rings. The Bertz CT molecular complexity index is 311. The zero-order chi connectivity index (χ0) is 12.0. The summed E-state index contributed by atoms with van der Waals surface area (Å²) in [5.74, 6) is 0.817. The van der Waals surface area contributed by atoms with Crippen molar-refractivity contribution in [3.63, 3.8) is 0 Å². The number of aliphatic hydroxyl groups excluding tert-OH is 1. The summed E-state index contributed by atoms with van der Waals surface area (Å²) in [5.41, 5.74) is 6.44. The minimum atomic E-state index is -0.355. The van der Waals surface area contributed by atoms with Crippen LogP contribution < -0.4 is 11.1 Å². The molecular weight excluding hydrogens is 204 g/mol.